The summed E-state index contributed by atoms with van der Waals surface area (Å²) in [7, 11) is 1.63. The summed E-state index contributed by atoms with van der Waals surface area (Å²) >= 11 is 0. The minimum Gasteiger partial charge on any atom is -0.497 e. The topological polar surface area (TPSA) is 40.0 Å². The maximum absolute atomic E-state index is 6.07. The Kier molecular flexibility index (Phi) is 6.47. The van der Waals surface area contributed by atoms with Crippen molar-refractivity contribution in [2.45, 2.75) is 13.8 Å². The van der Waals surface area contributed by atoms with Crippen molar-refractivity contribution < 1.29 is 14.2 Å². The van der Waals surface area contributed by atoms with Crippen LogP contribution in [-0.4, -0.2) is 13.0 Å². The second kappa shape index (κ2) is 9.42. The molecule has 0 N–H and O–H groups in total. The van der Waals surface area contributed by atoms with Gasteiger partial charge in [0.2, 0.25) is 5.90 Å². The van der Waals surface area contributed by atoms with Crippen LogP contribution < -0.4 is 14.2 Å². The fourth-order valence-corrected chi connectivity index (χ4v) is 2.48. The largest absolute Gasteiger partial charge is 0.497 e. The number of para-hydroxylation sites is 1. The highest BCUT2D eigenvalue weighted by Gasteiger charge is 2.08. The molecule has 0 aliphatic heterocycles. The minimum absolute atomic E-state index is 0.472. The number of aryl methyl sites for hydroxylation is 1. The molecule has 0 amide bonds. The quantitative estimate of drug-likeness (QED) is 0.298. The normalized spacial score (nSPS) is 11.8. The molecule has 0 aromatic heterocycles. The first-order valence-electron chi connectivity index (χ1n) is 9.00. The van der Waals surface area contributed by atoms with Gasteiger partial charge < -0.3 is 14.2 Å². The summed E-state index contributed by atoms with van der Waals surface area (Å²) < 4.78 is 17.1. The Balaban J connectivity index is 1.87. The molecule has 0 saturated heterocycles. The lowest BCUT2D eigenvalue weighted by atomic mass is 10.2. The van der Waals surface area contributed by atoms with Crippen molar-refractivity contribution in [2.24, 2.45) is 4.99 Å². The van der Waals surface area contributed by atoms with Crippen LogP contribution in [0.25, 0.3) is 0 Å². The van der Waals surface area contributed by atoms with E-state index in [0.717, 1.165) is 28.3 Å². The predicted molar refractivity (Wildman–Crippen MR) is 113 cm³/mol. The predicted octanol–water partition coefficient (Wildman–Crippen LogP) is 6.10. The zero-order valence-electron chi connectivity index (χ0n) is 16.3. The van der Waals surface area contributed by atoms with Crippen LogP contribution in [0.4, 0.5) is 5.69 Å². The van der Waals surface area contributed by atoms with Gasteiger partial charge in [0.05, 0.1) is 19.1 Å². The van der Waals surface area contributed by atoms with Gasteiger partial charge in [0.15, 0.2) is 0 Å². The van der Waals surface area contributed by atoms with Crippen LogP contribution in [0.1, 0.15) is 12.5 Å². The molecule has 4 nitrogen and oxygen atoms in total. The van der Waals surface area contributed by atoms with Crippen LogP contribution in [0.5, 0.6) is 17.2 Å². The van der Waals surface area contributed by atoms with Crippen LogP contribution >= 0.6 is 0 Å². The third-order valence-electron chi connectivity index (χ3n) is 3.94. The van der Waals surface area contributed by atoms with Crippen molar-refractivity contribution in [3.8, 4) is 17.2 Å². The summed E-state index contributed by atoms with van der Waals surface area (Å²) in [6.07, 6.45) is 1.63. The Labute approximate surface area is 165 Å². The molecule has 3 aromatic rings. The lowest BCUT2D eigenvalue weighted by molar-refractivity contribution is 0.408. The van der Waals surface area contributed by atoms with Crippen molar-refractivity contribution in [1.82, 2.24) is 0 Å². The highest BCUT2D eigenvalue weighted by Crippen LogP contribution is 2.21. The summed E-state index contributed by atoms with van der Waals surface area (Å²) in [5.41, 5.74) is 2.68. The van der Waals surface area contributed by atoms with E-state index in [9.17, 15) is 0 Å². The van der Waals surface area contributed by atoms with Crippen LogP contribution in [-0.2, 0) is 0 Å². The molecule has 0 radical (unpaired) electrons. The molecule has 0 unspecified atom stereocenters. The van der Waals surface area contributed by atoms with Crippen LogP contribution in [0.2, 0.25) is 0 Å². The summed E-state index contributed by atoms with van der Waals surface area (Å²) in [5, 5.41) is 0. The minimum atomic E-state index is 0.472. The van der Waals surface area contributed by atoms with Gasteiger partial charge >= 0.3 is 0 Å². The van der Waals surface area contributed by atoms with Crippen LogP contribution in [0, 0.1) is 6.92 Å². The van der Waals surface area contributed by atoms with Gasteiger partial charge in [0, 0.05) is 11.6 Å². The first kappa shape index (κ1) is 19.2. The van der Waals surface area contributed by atoms with E-state index in [0.29, 0.717) is 11.6 Å². The molecule has 4 heteroatoms. The van der Waals surface area contributed by atoms with E-state index >= 15 is 0 Å². The molecule has 142 valence electrons. The zero-order chi connectivity index (χ0) is 19.8. The van der Waals surface area contributed by atoms with Crippen LogP contribution in [0.3, 0.4) is 0 Å². The number of rotatable bonds is 6. The molecule has 3 aromatic carbocycles. The smallest absolute Gasteiger partial charge is 0.225 e. The Bertz CT molecular complexity index is 978. The first-order valence-corrected chi connectivity index (χ1v) is 9.00. The van der Waals surface area contributed by atoms with Crippen molar-refractivity contribution in [2.75, 3.05) is 7.11 Å². The summed E-state index contributed by atoms with van der Waals surface area (Å²) in [6.45, 7) is 3.92. The maximum Gasteiger partial charge on any atom is 0.225 e. The van der Waals surface area contributed by atoms with Gasteiger partial charge in [-0.3, -0.25) is 0 Å². The molecule has 0 saturated carbocycles. The number of hydrogen-bond acceptors (Lipinski definition) is 4. The lowest BCUT2D eigenvalue weighted by Gasteiger charge is -2.11. The molecular weight excluding hydrogens is 350 g/mol. The summed E-state index contributed by atoms with van der Waals surface area (Å²) in [4.78, 5) is 4.65. The molecule has 0 spiro atoms. The van der Waals surface area contributed by atoms with E-state index in [2.05, 4.69) is 4.99 Å². The molecule has 28 heavy (non-hydrogen) atoms. The van der Waals surface area contributed by atoms with Gasteiger partial charge in [0.1, 0.15) is 17.2 Å². The molecule has 0 aliphatic carbocycles. The van der Waals surface area contributed by atoms with Crippen molar-refractivity contribution in [3.63, 3.8) is 0 Å². The number of aliphatic imine (C=N–C) groups is 1. The Morgan fingerprint density at radius 2 is 1.54 bits per heavy atom. The lowest BCUT2D eigenvalue weighted by Crippen LogP contribution is -2.11. The van der Waals surface area contributed by atoms with Crippen molar-refractivity contribution in [1.29, 1.82) is 0 Å². The number of nitrogens with zero attached hydrogens (tertiary/aromatic N) is 1. The standard InChI is InChI=1S/C24H23NO3/c1-18-9-7-14-23(15-18)28-24(25-20-10-5-4-6-11-20)19(2)17-27-22-13-8-12-21(16-22)26-3/h4-17H,1-3H3/b19-17+,25-24?. The van der Waals surface area contributed by atoms with Crippen LogP contribution in [0.15, 0.2) is 95.7 Å². The molecule has 0 bridgehead atoms. The second-order valence-electron chi connectivity index (χ2n) is 6.27. The highest BCUT2D eigenvalue weighted by molar-refractivity contribution is 5.96. The van der Waals surface area contributed by atoms with E-state index in [4.69, 9.17) is 14.2 Å². The molecule has 0 heterocycles. The third kappa shape index (κ3) is 5.48. The fourth-order valence-electron chi connectivity index (χ4n) is 2.48. The molecule has 0 atom stereocenters. The number of ether oxygens (including phenoxy) is 3. The van der Waals surface area contributed by atoms with Gasteiger partial charge in [-0.25, -0.2) is 4.99 Å². The average Bonchev–Trinajstić information content (AvgIpc) is 2.72. The molecular formula is C24H23NO3. The Hall–Kier alpha value is -3.53. The summed E-state index contributed by atoms with van der Waals surface area (Å²) in [5.74, 6) is 2.61. The van der Waals surface area contributed by atoms with E-state index in [-0.39, 0.29) is 0 Å². The van der Waals surface area contributed by atoms with Gasteiger partial charge in [-0.05, 0) is 55.8 Å². The SMILES string of the molecule is COc1cccc(O/C=C(\C)C(=Nc2ccccc2)Oc2cccc(C)c2)c1. The maximum atomic E-state index is 6.07. The zero-order valence-corrected chi connectivity index (χ0v) is 16.3. The van der Waals surface area contributed by atoms with E-state index in [1.54, 1.807) is 13.4 Å². The number of hydrogen-bond donors (Lipinski definition) is 0. The number of benzene rings is 3. The fraction of sp³-hybridized carbons (Fsp3) is 0.125. The first-order chi connectivity index (χ1) is 13.6. The molecule has 0 fully saturated rings. The Morgan fingerprint density at radius 1 is 0.821 bits per heavy atom. The monoisotopic (exact) mass is 373 g/mol. The highest BCUT2D eigenvalue weighted by atomic mass is 16.5. The van der Waals surface area contributed by atoms with E-state index < -0.39 is 0 Å². The van der Waals surface area contributed by atoms with Crippen molar-refractivity contribution >= 4 is 11.6 Å². The Morgan fingerprint density at radius 3 is 2.29 bits per heavy atom. The second-order valence-corrected chi connectivity index (χ2v) is 6.27. The average molecular weight is 373 g/mol. The molecule has 3 rings (SSSR count). The third-order valence-corrected chi connectivity index (χ3v) is 3.94. The van der Waals surface area contributed by atoms with Crippen molar-refractivity contribution in [3.05, 3.63) is 96.3 Å². The van der Waals surface area contributed by atoms with Gasteiger partial charge in [-0.15, -0.1) is 0 Å². The van der Waals surface area contributed by atoms with Gasteiger partial charge in [0.25, 0.3) is 0 Å². The van der Waals surface area contributed by atoms with Gasteiger partial charge in [-0.1, -0.05) is 36.4 Å². The molecule has 0 aliphatic rings. The van der Waals surface area contributed by atoms with E-state index in [1.165, 1.54) is 0 Å². The summed E-state index contributed by atoms with van der Waals surface area (Å²) in [6, 6.07) is 25.0. The van der Waals surface area contributed by atoms with E-state index in [1.807, 2.05) is 92.7 Å². The van der Waals surface area contributed by atoms with Gasteiger partial charge in [-0.2, -0.15) is 0 Å². The number of methoxy groups -OCH3 is 1.